The van der Waals surface area contributed by atoms with Crippen molar-refractivity contribution in [1.29, 1.82) is 0 Å². The fourth-order valence-electron chi connectivity index (χ4n) is 2.26. The Morgan fingerprint density at radius 3 is 2.70 bits per heavy atom. The number of fused-ring (bicyclic) bond motifs is 1. The van der Waals surface area contributed by atoms with E-state index in [1.165, 1.54) is 17.8 Å². The molecule has 0 spiro atoms. The highest BCUT2D eigenvalue weighted by Crippen LogP contribution is 2.29. The number of ketones is 2. The molecular weight excluding hydrogens is 314 g/mol. The van der Waals surface area contributed by atoms with Gasteiger partial charge in [0.15, 0.2) is 0 Å². The molecule has 1 aliphatic rings. The highest BCUT2D eigenvalue weighted by molar-refractivity contribution is 8.04. The number of para-hydroxylation sites is 1. The van der Waals surface area contributed by atoms with Gasteiger partial charge >= 0.3 is 0 Å². The van der Waals surface area contributed by atoms with Crippen LogP contribution in [0.4, 0.5) is 5.69 Å². The van der Waals surface area contributed by atoms with Crippen molar-refractivity contribution in [3.8, 4) is 0 Å². The Labute approximate surface area is 136 Å². The van der Waals surface area contributed by atoms with E-state index in [0.717, 1.165) is 0 Å². The van der Waals surface area contributed by atoms with Gasteiger partial charge in [0.2, 0.25) is 11.6 Å². The van der Waals surface area contributed by atoms with Crippen LogP contribution < -0.4 is 5.32 Å². The third-order valence-corrected chi connectivity index (χ3v) is 4.17. The number of allylic oxidation sites excluding steroid dienone is 2. The van der Waals surface area contributed by atoms with E-state index in [1.54, 1.807) is 24.3 Å². The van der Waals surface area contributed by atoms with E-state index in [2.05, 4.69) is 15.5 Å². The van der Waals surface area contributed by atoms with Crippen LogP contribution >= 0.6 is 11.8 Å². The molecule has 1 aliphatic carbocycles. The molecule has 1 aromatic carbocycles. The standard InChI is InChI=1S/C16H13N3O3S/c1-2-23-11-8-10(20)13-12(15(11)21)14(19-18-13)16(22)17-9-6-4-3-5-7-9/h3-8H,2H2,1H3,(H,17,22)(H,18,19). The molecule has 7 heteroatoms. The summed E-state index contributed by atoms with van der Waals surface area (Å²) < 4.78 is 0. The first-order chi connectivity index (χ1) is 11.1. The summed E-state index contributed by atoms with van der Waals surface area (Å²) in [5, 5.41) is 9.03. The number of benzene rings is 1. The summed E-state index contributed by atoms with van der Waals surface area (Å²) in [6.45, 7) is 1.89. The molecule has 3 rings (SSSR count). The monoisotopic (exact) mass is 327 g/mol. The fourth-order valence-corrected chi connectivity index (χ4v) is 2.99. The van der Waals surface area contributed by atoms with Crippen LogP contribution in [0, 0.1) is 0 Å². The second-order valence-electron chi connectivity index (χ2n) is 4.78. The lowest BCUT2D eigenvalue weighted by molar-refractivity contribution is 0.0979. The van der Waals surface area contributed by atoms with Crippen molar-refractivity contribution in [3.63, 3.8) is 0 Å². The Morgan fingerprint density at radius 1 is 1.26 bits per heavy atom. The van der Waals surface area contributed by atoms with Crippen LogP contribution in [-0.2, 0) is 0 Å². The number of rotatable bonds is 4. The summed E-state index contributed by atoms with van der Waals surface area (Å²) in [7, 11) is 0. The van der Waals surface area contributed by atoms with Gasteiger partial charge in [-0.15, -0.1) is 11.8 Å². The summed E-state index contributed by atoms with van der Waals surface area (Å²) >= 11 is 1.27. The molecule has 0 fully saturated rings. The van der Waals surface area contributed by atoms with Gasteiger partial charge in [-0.05, 0) is 17.9 Å². The number of aromatic amines is 1. The van der Waals surface area contributed by atoms with E-state index < -0.39 is 5.91 Å². The second kappa shape index (κ2) is 6.21. The number of amides is 1. The number of carbonyl (C=O) groups excluding carboxylic acids is 3. The van der Waals surface area contributed by atoms with Gasteiger partial charge in [-0.3, -0.25) is 19.5 Å². The van der Waals surface area contributed by atoms with Gasteiger partial charge in [0.05, 0.1) is 10.5 Å². The normalized spacial score (nSPS) is 13.5. The van der Waals surface area contributed by atoms with Crippen molar-refractivity contribution in [3.05, 3.63) is 58.3 Å². The van der Waals surface area contributed by atoms with E-state index in [-0.39, 0.29) is 28.5 Å². The molecule has 0 saturated heterocycles. The van der Waals surface area contributed by atoms with Crippen LogP contribution in [0.2, 0.25) is 0 Å². The van der Waals surface area contributed by atoms with Crippen molar-refractivity contribution in [2.75, 3.05) is 11.1 Å². The molecule has 1 amide bonds. The van der Waals surface area contributed by atoms with E-state index >= 15 is 0 Å². The molecule has 6 nitrogen and oxygen atoms in total. The highest BCUT2D eigenvalue weighted by Gasteiger charge is 2.33. The molecular formula is C16H13N3O3S. The number of hydrogen-bond donors (Lipinski definition) is 2. The Kier molecular flexibility index (Phi) is 4.12. The van der Waals surface area contributed by atoms with Crippen LogP contribution in [0.5, 0.6) is 0 Å². The zero-order valence-corrected chi connectivity index (χ0v) is 13.1. The number of carbonyl (C=O) groups is 3. The smallest absolute Gasteiger partial charge is 0.274 e. The quantitative estimate of drug-likeness (QED) is 0.901. The predicted molar refractivity (Wildman–Crippen MR) is 87.9 cm³/mol. The molecule has 0 aliphatic heterocycles. The van der Waals surface area contributed by atoms with Crippen LogP contribution in [0.3, 0.4) is 0 Å². The summed E-state index contributed by atoms with van der Waals surface area (Å²) in [6, 6.07) is 8.85. The lowest BCUT2D eigenvalue weighted by atomic mass is 9.99. The fraction of sp³-hybridized carbons (Fsp3) is 0.125. The number of nitrogens with zero attached hydrogens (tertiary/aromatic N) is 1. The van der Waals surface area contributed by atoms with Gasteiger partial charge in [-0.2, -0.15) is 5.10 Å². The van der Waals surface area contributed by atoms with Gasteiger partial charge in [-0.1, -0.05) is 25.1 Å². The lowest BCUT2D eigenvalue weighted by Crippen LogP contribution is -2.20. The zero-order chi connectivity index (χ0) is 16.4. The van der Waals surface area contributed by atoms with E-state index in [4.69, 9.17) is 0 Å². The zero-order valence-electron chi connectivity index (χ0n) is 12.3. The summed E-state index contributed by atoms with van der Waals surface area (Å²) in [4.78, 5) is 37.3. The molecule has 1 heterocycles. The van der Waals surface area contributed by atoms with E-state index in [9.17, 15) is 14.4 Å². The topological polar surface area (TPSA) is 91.9 Å². The number of aromatic nitrogens is 2. The number of Topliss-reactive ketones (excluding diaryl/α,β-unsaturated/α-hetero) is 1. The number of thioether (sulfide) groups is 1. The molecule has 1 aromatic heterocycles. The first-order valence-electron chi connectivity index (χ1n) is 7.00. The number of hydrogen-bond acceptors (Lipinski definition) is 5. The van der Waals surface area contributed by atoms with Crippen LogP contribution in [0.15, 0.2) is 41.3 Å². The van der Waals surface area contributed by atoms with Crippen molar-refractivity contribution < 1.29 is 14.4 Å². The maximum Gasteiger partial charge on any atom is 0.274 e. The van der Waals surface area contributed by atoms with Crippen molar-refractivity contribution in [2.24, 2.45) is 0 Å². The predicted octanol–water partition coefficient (Wildman–Crippen LogP) is 2.68. The maximum atomic E-state index is 12.5. The maximum absolute atomic E-state index is 12.5. The summed E-state index contributed by atoms with van der Waals surface area (Å²) in [6.07, 6.45) is 1.28. The largest absolute Gasteiger partial charge is 0.321 e. The van der Waals surface area contributed by atoms with Crippen molar-refractivity contribution in [2.45, 2.75) is 6.92 Å². The van der Waals surface area contributed by atoms with Crippen LogP contribution in [0.1, 0.15) is 38.3 Å². The molecule has 0 bridgehead atoms. The Hall–Kier alpha value is -2.67. The minimum atomic E-state index is -0.506. The molecule has 2 aromatic rings. The van der Waals surface area contributed by atoms with E-state index in [0.29, 0.717) is 16.3 Å². The van der Waals surface area contributed by atoms with Crippen LogP contribution in [0.25, 0.3) is 0 Å². The van der Waals surface area contributed by atoms with Gasteiger partial charge in [0, 0.05) is 11.8 Å². The molecule has 2 N–H and O–H groups in total. The van der Waals surface area contributed by atoms with Crippen molar-refractivity contribution in [1.82, 2.24) is 10.2 Å². The van der Waals surface area contributed by atoms with Gasteiger partial charge in [0.1, 0.15) is 11.4 Å². The van der Waals surface area contributed by atoms with E-state index in [1.807, 2.05) is 13.0 Å². The molecule has 0 unspecified atom stereocenters. The average molecular weight is 327 g/mol. The lowest BCUT2D eigenvalue weighted by Gasteiger charge is -2.11. The second-order valence-corrected chi connectivity index (χ2v) is 6.08. The number of H-pyrrole nitrogens is 1. The minimum absolute atomic E-state index is 0.00417. The first-order valence-corrected chi connectivity index (χ1v) is 7.98. The summed E-state index contributed by atoms with van der Waals surface area (Å²) in [5.41, 5.74) is 0.634. The Balaban J connectivity index is 1.94. The summed E-state index contributed by atoms with van der Waals surface area (Å²) in [5.74, 6) is -0.568. The third-order valence-electron chi connectivity index (χ3n) is 3.27. The van der Waals surface area contributed by atoms with Gasteiger partial charge in [0.25, 0.3) is 5.91 Å². The number of anilines is 1. The minimum Gasteiger partial charge on any atom is -0.321 e. The molecule has 23 heavy (non-hydrogen) atoms. The molecule has 0 radical (unpaired) electrons. The number of nitrogens with one attached hydrogen (secondary N) is 2. The first kappa shape index (κ1) is 15.2. The average Bonchev–Trinajstić information content (AvgIpc) is 2.99. The van der Waals surface area contributed by atoms with Crippen molar-refractivity contribution >= 4 is 34.9 Å². The molecule has 116 valence electrons. The highest BCUT2D eigenvalue weighted by atomic mass is 32.2. The SMILES string of the molecule is CCSC1=CC(=O)c2n[nH]c(C(=O)Nc3ccccc3)c2C1=O. The Morgan fingerprint density at radius 2 is 2.00 bits per heavy atom. The third kappa shape index (κ3) is 2.83. The van der Waals surface area contributed by atoms with Crippen LogP contribution in [-0.4, -0.2) is 33.4 Å². The molecule has 0 saturated carbocycles. The van der Waals surface area contributed by atoms with Gasteiger partial charge in [-0.25, -0.2) is 0 Å². The Bertz CT molecular complexity index is 824. The molecule has 0 atom stereocenters. The van der Waals surface area contributed by atoms with Gasteiger partial charge < -0.3 is 5.32 Å².